The number of carbonyl (C=O) groups is 1. The van der Waals surface area contributed by atoms with E-state index in [4.69, 9.17) is 0 Å². The molecule has 0 unspecified atom stereocenters. The van der Waals surface area contributed by atoms with Gasteiger partial charge in [-0.05, 0) is 46.3 Å². The van der Waals surface area contributed by atoms with Crippen LogP contribution in [-0.2, 0) is 0 Å². The van der Waals surface area contributed by atoms with E-state index < -0.39 is 0 Å². The van der Waals surface area contributed by atoms with E-state index in [0.717, 1.165) is 5.69 Å². The fraction of sp³-hybridized carbons (Fsp3) is 0. The smallest absolute Gasteiger partial charge is 0.257 e. The van der Waals surface area contributed by atoms with Gasteiger partial charge in [-0.1, -0.05) is 6.07 Å². The summed E-state index contributed by atoms with van der Waals surface area (Å²) in [5, 5.41) is 10.3. The molecule has 1 N–H and O–H groups in total. The van der Waals surface area contributed by atoms with Crippen LogP contribution in [0.2, 0.25) is 0 Å². The van der Waals surface area contributed by atoms with Crippen LogP contribution in [0.3, 0.4) is 0 Å². The molecule has 3 rings (SSSR count). The quantitative estimate of drug-likeness (QED) is 0.742. The Balaban J connectivity index is 1.80. The maximum Gasteiger partial charge on any atom is 0.257 e. The summed E-state index contributed by atoms with van der Waals surface area (Å²) in [5.74, 6) is -0.212. The molecule has 2 heterocycles. The molecule has 0 radical (unpaired) electrons. The van der Waals surface area contributed by atoms with Crippen LogP contribution in [-0.4, -0.2) is 25.7 Å². The maximum absolute atomic E-state index is 12.1. The first-order chi connectivity index (χ1) is 10.2. The van der Waals surface area contributed by atoms with E-state index in [1.54, 1.807) is 29.4 Å². The summed E-state index contributed by atoms with van der Waals surface area (Å²) >= 11 is 3.24. The van der Waals surface area contributed by atoms with Crippen molar-refractivity contribution in [2.24, 2.45) is 0 Å². The fourth-order valence-corrected chi connectivity index (χ4v) is 2.03. The molecule has 0 bridgehead atoms. The zero-order chi connectivity index (χ0) is 14.7. The van der Waals surface area contributed by atoms with Crippen LogP contribution in [0.15, 0.2) is 59.9 Å². The number of benzene rings is 1. The van der Waals surface area contributed by atoms with Gasteiger partial charge < -0.3 is 5.32 Å². The molecular formula is C14H10BrN5O. The number of hydrogen-bond donors (Lipinski definition) is 1. The summed E-state index contributed by atoms with van der Waals surface area (Å²) < 4.78 is 2.45. The van der Waals surface area contributed by atoms with Gasteiger partial charge in [0.25, 0.3) is 5.91 Å². The molecule has 0 aliphatic carbocycles. The largest absolute Gasteiger partial charge is 0.322 e. The van der Waals surface area contributed by atoms with E-state index in [0.29, 0.717) is 15.9 Å². The SMILES string of the molecule is O=C(Nc1cccc(-n2cnnc2)c1)c1ccc(Br)nc1. The monoisotopic (exact) mass is 343 g/mol. The summed E-state index contributed by atoms with van der Waals surface area (Å²) in [7, 11) is 0. The minimum atomic E-state index is -0.212. The third kappa shape index (κ3) is 3.14. The van der Waals surface area contributed by atoms with E-state index in [9.17, 15) is 4.79 Å². The number of aromatic nitrogens is 4. The number of halogens is 1. The van der Waals surface area contributed by atoms with Crippen molar-refractivity contribution >= 4 is 27.5 Å². The summed E-state index contributed by atoms with van der Waals surface area (Å²) in [4.78, 5) is 16.2. The molecule has 21 heavy (non-hydrogen) atoms. The van der Waals surface area contributed by atoms with Gasteiger partial charge in [0.1, 0.15) is 17.3 Å². The van der Waals surface area contributed by atoms with Crippen LogP contribution in [0.5, 0.6) is 0 Å². The molecule has 0 spiro atoms. The molecular weight excluding hydrogens is 334 g/mol. The average Bonchev–Trinajstić information content (AvgIpc) is 3.02. The van der Waals surface area contributed by atoms with Crippen LogP contribution in [0.25, 0.3) is 5.69 Å². The van der Waals surface area contributed by atoms with E-state index in [1.165, 1.54) is 6.20 Å². The van der Waals surface area contributed by atoms with Crippen LogP contribution in [0.4, 0.5) is 5.69 Å². The summed E-state index contributed by atoms with van der Waals surface area (Å²) in [5.41, 5.74) is 2.05. The highest BCUT2D eigenvalue weighted by molar-refractivity contribution is 9.10. The molecule has 1 amide bonds. The van der Waals surface area contributed by atoms with Crippen LogP contribution in [0, 0.1) is 0 Å². The lowest BCUT2D eigenvalue weighted by Crippen LogP contribution is -2.12. The van der Waals surface area contributed by atoms with E-state index in [-0.39, 0.29) is 5.91 Å². The predicted molar refractivity (Wildman–Crippen MR) is 81.2 cm³/mol. The highest BCUT2D eigenvalue weighted by Crippen LogP contribution is 2.15. The van der Waals surface area contributed by atoms with Gasteiger partial charge >= 0.3 is 0 Å². The second-order valence-electron chi connectivity index (χ2n) is 4.24. The van der Waals surface area contributed by atoms with Crippen LogP contribution in [0.1, 0.15) is 10.4 Å². The Labute approximate surface area is 129 Å². The second-order valence-corrected chi connectivity index (χ2v) is 5.06. The molecule has 0 aliphatic heterocycles. The molecule has 1 aromatic carbocycles. The second kappa shape index (κ2) is 5.84. The fourth-order valence-electron chi connectivity index (χ4n) is 1.79. The number of rotatable bonds is 3. The lowest BCUT2D eigenvalue weighted by molar-refractivity contribution is 0.102. The van der Waals surface area contributed by atoms with Gasteiger partial charge in [-0.2, -0.15) is 0 Å². The molecule has 7 heteroatoms. The van der Waals surface area contributed by atoms with Gasteiger partial charge in [-0.3, -0.25) is 9.36 Å². The first-order valence-electron chi connectivity index (χ1n) is 6.10. The lowest BCUT2D eigenvalue weighted by atomic mass is 10.2. The Morgan fingerprint density at radius 1 is 1.14 bits per heavy atom. The van der Waals surface area contributed by atoms with Gasteiger partial charge in [-0.25, -0.2) is 4.98 Å². The number of nitrogens with zero attached hydrogens (tertiary/aromatic N) is 4. The minimum absolute atomic E-state index is 0.212. The number of anilines is 1. The molecule has 6 nitrogen and oxygen atoms in total. The summed E-state index contributed by atoms with van der Waals surface area (Å²) in [6.45, 7) is 0. The zero-order valence-electron chi connectivity index (χ0n) is 10.8. The van der Waals surface area contributed by atoms with Gasteiger partial charge in [0.15, 0.2) is 0 Å². The molecule has 0 fully saturated rings. The number of pyridine rings is 1. The van der Waals surface area contributed by atoms with Gasteiger partial charge in [-0.15, -0.1) is 10.2 Å². The molecule has 0 atom stereocenters. The van der Waals surface area contributed by atoms with Gasteiger partial charge in [0, 0.05) is 11.9 Å². The molecule has 0 saturated heterocycles. The van der Waals surface area contributed by atoms with Crippen LogP contribution >= 0.6 is 15.9 Å². The van der Waals surface area contributed by atoms with Crippen molar-refractivity contribution in [3.05, 3.63) is 65.4 Å². The minimum Gasteiger partial charge on any atom is -0.322 e. The Bertz CT molecular complexity index is 755. The summed E-state index contributed by atoms with van der Waals surface area (Å²) in [6, 6.07) is 10.8. The van der Waals surface area contributed by atoms with Crippen molar-refractivity contribution in [2.45, 2.75) is 0 Å². The summed E-state index contributed by atoms with van der Waals surface area (Å²) in [6.07, 6.45) is 4.71. The molecule has 3 aromatic rings. The van der Waals surface area contributed by atoms with Gasteiger partial charge in [0.2, 0.25) is 0 Å². The Morgan fingerprint density at radius 2 is 1.95 bits per heavy atom. The predicted octanol–water partition coefficient (Wildman–Crippen LogP) is 2.68. The third-order valence-corrected chi connectivity index (χ3v) is 3.28. The van der Waals surface area contributed by atoms with E-state index in [2.05, 4.69) is 36.4 Å². The third-order valence-electron chi connectivity index (χ3n) is 2.81. The Hall–Kier alpha value is -2.54. The molecule has 2 aromatic heterocycles. The van der Waals surface area contributed by atoms with Crippen molar-refractivity contribution < 1.29 is 4.79 Å². The number of carbonyl (C=O) groups excluding carboxylic acids is 1. The van der Waals surface area contributed by atoms with Crippen molar-refractivity contribution in [1.29, 1.82) is 0 Å². The maximum atomic E-state index is 12.1. The first kappa shape index (κ1) is 13.4. The average molecular weight is 344 g/mol. The number of hydrogen-bond acceptors (Lipinski definition) is 4. The van der Waals surface area contributed by atoms with E-state index >= 15 is 0 Å². The van der Waals surface area contributed by atoms with Gasteiger partial charge in [0.05, 0.1) is 11.3 Å². The normalized spacial score (nSPS) is 10.3. The van der Waals surface area contributed by atoms with E-state index in [1.807, 2.05) is 24.3 Å². The topological polar surface area (TPSA) is 72.7 Å². The van der Waals surface area contributed by atoms with Crippen molar-refractivity contribution in [2.75, 3.05) is 5.32 Å². The molecule has 104 valence electrons. The number of nitrogens with one attached hydrogen (secondary N) is 1. The Kier molecular flexibility index (Phi) is 3.74. The first-order valence-corrected chi connectivity index (χ1v) is 6.90. The Morgan fingerprint density at radius 3 is 2.67 bits per heavy atom. The lowest BCUT2D eigenvalue weighted by Gasteiger charge is -2.07. The van der Waals surface area contributed by atoms with Crippen molar-refractivity contribution in [1.82, 2.24) is 19.7 Å². The standard InChI is InChI=1S/C14H10BrN5O/c15-13-5-4-10(7-16-13)14(21)19-11-2-1-3-12(6-11)20-8-17-18-9-20/h1-9H,(H,19,21). The van der Waals surface area contributed by atoms with Crippen molar-refractivity contribution in [3.8, 4) is 5.69 Å². The van der Waals surface area contributed by atoms with Crippen molar-refractivity contribution in [3.63, 3.8) is 0 Å². The zero-order valence-corrected chi connectivity index (χ0v) is 12.4. The highest BCUT2D eigenvalue weighted by atomic mass is 79.9. The molecule has 0 saturated carbocycles. The van der Waals surface area contributed by atoms with Crippen LogP contribution < -0.4 is 5.32 Å². The number of amides is 1. The highest BCUT2D eigenvalue weighted by Gasteiger charge is 2.07. The molecule has 0 aliphatic rings.